The molecule has 0 fully saturated rings. The molecule has 7 nitrogen and oxygen atoms in total. The Morgan fingerprint density at radius 2 is 1.48 bits per heavy atom. The molecule has 1 N–H and O–H groups in total. The molecule has 0 bridgehead atoms. The number of hydrogen-bond acceptors (Lipinski definition) is 5. The molecule has 0 aliphatic heterocycles. The molecule has 9 heteroatoms. The van der Waals surface area contributed by atoms with Crippen LogP contribution in [0.15, 0.2) is 0 Å². The zero-order chi connectivity index (χ0) is 22.2. The highest BCUT2D eigenvalue weighted by Gasteiger charge is 2.15. The summed E-state index contributed by atoms with van der Waals surface area (Å²) in [6.45, 7) is 4.18. The lowest BCUT2D eigenvalue weighted by atomic mass is 10.1. The van der Waals surface area contributed by atoms with Gasteiger partial charge in [-0.25, -0.2) is 0 Å². The van der Waals surface area contributed by atoms with E-state index in [-0.39, 0.29) is 13.2 Å². The van der Waals surface area contributed by atoms with Crippen molar-refractivity contribution >= 4 is 25.2 Å². The summed E-state index contributed by atoms with van der Waals surface area (Å²) >= 11 is 5.33. The van der Waals surface area contributed by atoms with Crippen molar-refractivity contribution in [2.75, 3.05) is 61.0 Å². The van der Waals surface area contributed by atoms with E-state index in [9.17, 15) is 9.46 Å². The normalized spacial score (nSPS) is 13.9. The fraction of sp³-hybridized carbons (Fsp3) is 0.950. The number of hydrogen-bond donors (Lipinski definition) is 1. The lowest BCUT2D eigenvalue weighted by Gasteiger charge is -2.29. The average Bonchev–Trinajstić information content (AvgIpc) is 2.63. The standard InChI is InChI=1S/C20H44N3O4PS/c1-6-7-8-9-10-11-12-13-14-15-22(20(29)21-2)16-18-26-28(24,25)27-19-17-23(3,4)5/h6-19H2,1-5H3,(H-,21,24,25,29). The first kappa shape index (κ1) is 28.8. The highest BCUT2D eigenvalue weighted by molar-refractivity contribution is 7.80. The van der Waals surface area contributed by atoms with Crippen LogP contribution in [0.4, 0.5) is 0 Å². The largest absolute Gasteiger partial charge is 0.756 e. The van der Waals surface area contributed by atoms with Gasteiger partial charge in [0.2, 0.25) is 0 Å². The third-order valence-corrected chi connectivity index (χ3v) is 6.11. The van der Waals surface area contributed by atoms with E-state index in [1.807, 2.05) is 26.0 Å². The fourth-order valence-corrected chi connectivity index (χ4v) is 3.68. The summed E-state index contributed by atoms with van der Waals surface area (Å²) in [5.74, 6) is 0. The van der Waals surface area contributed by atoms with Gasteiger partial charge in [0.25, 0.3) is 7.82 Å². The number of likely N-dealkylation sites (N-methyl/N-ethyl adjacent to an activating group) is 1. The zero-order valence-corrected chi connectivity index (χ0v) is 21.0. The summed E-state index contributed by atoms with van der Waals surface area (Å²) < 4.78 is 22.4. The molecule has 1 unspecified atom stereocenters. The number of thiocarbonyl (C=S) groups is 1. The van der Waals surface area contributed by atoms with E-state index in [4.69, 9.17) is 21.3 Å². The maximum Gasteiger partial charge on any atom is 0.268 e. The molecule has 0 aromatic heterocycles. The van der Waals surface area contributed by atoms with Crippen molar-refractivity contribution < 1.29 is 23.0 Å². The van der Waals surface area contributed by atoms with Gasteiger partial charge in [-0.3, -0.25) is 4.57 Å². The number of phosphoric ester groups is 1. The van der Waals surface area contributed by atoms with E-state index in [0.29, 0.717) is 22.7 Å². The molecule has 29 heavy (non-hydrogen) atoms. The molecular formula is C20H44N3O4PS. The van der Waals surface area contributed by atoms with Crippen LogP contribution in [0.2, 0.25) is 0 Å². The second-order valence-electron chi connectivity index (χ2n) is 8.50. The quantitative estimate of drug-likeness (QED) is 0.147. The lowest BCUT2D eigenvalue weighted by Crippen LogP contribution is -2.40. The Balaban J connectivity index is 4.04. The number of phosphoric acid groups is 1. The van der Waals surface area contributed by atoms with Crippen molar-refractivity contribution in [3.63, 3.8) is 0 Å². The molecule has 174 valence electrons. The van der Waals surface area contributed by atoms with Gasteiger partial charge >= 0.3 is 0 Å². The number of unbranched alkanes of at least 4 members (excludes halogenated alkanes) is 8. The van der Waals surface area contributed by atoms with Crippen LogP contribution in [0, 0.1) is 0 Å². The van der Waals surface area contributed by atoms with Crippen LogP contribution in [0.5, 0.6) is 0 Å². The third-order valence-electron chi connectivity index (χ3n) is 4.65. The maximum atomic E-state index is 11.9. The first-order chi connectivity index (χ1) is 13.6. The minimum absolute atomic E-state index is 0.0321. The van der Waals surface area contributed by atoms with Crippen LogP contribution in [-0.4, -0.2) is 75.5 Å². The van der Waals surface area contributed by atoms with E-state index >= 15 is 0 Å². The Bertz CT molecular complexity index is 475. The van der Waals surface area contributed by atoms with Crippen molar-refractivity contribution in [3.8, 4) is 0 Å². The molecule has 0 radical (unpaired) electrons. The van der Waals surface area contributed by atoms with E-state index in [1.165, 1.54) is 44.9 Å². The Morgan fingerprint density at radius 3 is 2.00 bits per heavy atom. The topological polar surface area (TPSA) is 73.9 Å². The van der Waals surface area contributed by atoms with Crippen molar-refractivity contribution in [1.82, 2.24) is 10.2 Å². The second kappa shape index (κ2) is 16.5. The Labute approximate surface area is 184 Å². The highest BCUT2D eigenvalue weighted by atomic mass is 32.1. The van der Waals surface area contributed by atoms with Crippen LogP contribution >= 0.6 is 20.0 Å². The molecule has 0 aliphatic rings. The fourth-order valence-electron chi connectivity index (χ4n) is 2.81. The number of nitrogens with one attached hydrogen (secondary N) is 1. The summed E-state index contributed by atoms with van der Waals surface area (Å²) in [6, 6.07) is 0. The maximum absolute atomic E-state index is 11.9. The van der Waals surface area contributed by atoms with Gasteiger partial charge in [-0.15, -0.1) is 0 Å². The van der Waals surface area contributed by atoms with E-state index in [0.717, 1.165) is 19.4 Å². The van der Waals surface area contributed by atoms with Crippen LogP contribution < -0.4 is 10.2 Å². The molecule has 0 heterocycles. The summed E-state index contributed by atoms with van der Waals surface area (Å²) in [7, 11) is 3.43. The minimum atomic E-state index is -4.28. The van der Waals surface area contributed by atoms with Gasteiger partial charge in [0.15, 0.2) is 5.11 Å². The molecule has 0 saturated heterocycles. The Kier molecular flexibility index (Phi) is 16.3. The van der Waals surface area contributed by atoms with Crippen LogP contribution in [0.3, 0.4) is 0 Å². The van der Waals surface area contributed by atoms with E-state index in [2.05, 4.69) is 12.2 Å². The molecule has 0 rings (SSSR count). The van der Waals surface area contributed by atoms with Crippen molar-refractivity contribution in [3.05, 3.63) is 0 Å². The van der Waals surface area contributed by atoms with Gasteiger partial charge in [0.05, 0.1) is 27.7 Å². The predicted octanol–water partition coefficient (Wildman–Crippen LogP) is 3.53. The summed E-state index contributed by atoms with van der Waals surface area (Å²) in [4.78, 5) is 13.8. The van der Waals surface area contributed by atoms with Gasteiger partial charge in [-0.1, -0.05) is 58.3 Å². The van der Waals surface area contributed by atoms with Gasteiger partial charge in [0.1, 0.15) is 13.2 Å². The monoisotopic (exact) mass is 453 g/mol. The Morgan fingerprint density at radius 1 is 0.966 bits per heavy atom. The van der Waals surface area contributed by atoms with Crippen LogP contribution in [-0.2, 0) is 13.6 Å². The first-order valence-corrected chi connectivity index (χ1v) is 12.9. The smallest absolute Gasteiger partial charge is 0.268 e. The lowest BCUT2D eigenvalue weighted by molar-refractivity contribution is -0.870. The second-order valence-corrected chi connectivity index (χ2v) is 10.3. The SMILES string of the molecule is CCCCCCCCCCCN(CCOP(=O)([O-])OCC[N+](C)(C)C)C(=S)NC. The summed E-state index contributed by atoms with van der Waals surface area (Å²) in [5.41, 5.74) is 0. The minimum Gasteiger partial charge on any atom is -0.756 e. The first-order valence-electron chi connectivity index (χ1n) is 11.0. The molecule has 0 aliphatic carbocycles. The van der Waals surface area contributed by atoms with Crippen molar-refractivity contribution in [2.24, 2.45) is 0 Å². The molecule has 0 aromatic carbocycles. The van der Waals surface area contributed by atoms with Gasteiger partial charge in [-0.05, 0) is 18.6 Å². The van der Waals surface area contributed by atoms with Crippen molar-refractivity contribution in [1.29, 1.82) is 0 Å². The summed E-state index contributed by atoms with van der Waals surface area (Å²) in [6.07, 6.45) is 11.4. The average molecular weight is 454 g/mol. The van der Waals surface area contributed by atoms with Crippen LogP contribution in [0.1, 0.15) is 64.7 Å². The molecule has 0 aromatic rings. The Hall–Kier alpha value is -0.240. The molecule has 1 atom stereocenters. The van der Waals surface area contributed by atoms with Crippen molar-refractivity contribution in [2.45, 2.75) is 64.7 Å². The number of nitrogens with zero attached hydrogens (tertiary/aromatic N) is 2. The molecular weight excluding hydrogens is 409 g/mol. The number of rotatable bonds is 18. The number of quaternary nitrogens is 1. The molecule has 0 saturated carbocycles. The third kappa shape index (κ3) is 18.3. The molecule has 0 spiro atoms. The molecule has 0 amide bonds. The van der Waals surface area contributed by atoms with Gasteiger partial charge in [-0.2, -0.15) is 0 Å². The zero-order valence-electron chi connectivity index (χ0n) is 19.3. The predicted molar refractivity (Wildman–Crippen MR) is 123 cm³/mol. The van der Waals surface area contributed by atoms with Gasteiger partial charge in [0, 0.05) is 20.1 Å². The van der Waals surface area contributed by atoms with E-state index in [1.54, 1.807) is 7.05 Å². The van der Waals surface area contributed by atoms with Crippen LogP contribution in [0.25, 0.3) is 0 Å². The van der Waals surface area contributed by atoms with Gasteiger partial charge < -0.3 is 28.6 Å². The highest BCUT2D eigenvalue weighted by Crippen LogP contribution is 2.37. The van der Waals surface area contributed by atoms with E-state index < -0.39 is 7.82 Å². The summed E-state index contributed by atoms with van der Waals surface area (Å²) in [5, 5.41) is 3.58.